The van der Waals surface area contributed by atoms with Crippen molar-refractivity contribution in [2.24, 2.45) is 5.92 Å². The summed E-state index contributed by atoms with van der Waals surface area (Å²) in [6.07, 6.45) is 0. The Morgan fingerprint density at radius 3 is 2.62 bits per heavy atom. The van der Waals surface area contributed by atoms with Gasteiger partial charge < -0.3 is 10.1 Å². The number of carbonyl (C=O) groups is 1. The first kappa shape index (κ1) is 12.8. The number of carbonyl (C=O) groups excluding carboxylic acids is 1. The van der Waals surface area contributed by atoms with Crippen LogP contribution in [-0.4, -0.2) is 30.9 Å². The zero-order chi connectivity index (χ0) is 10.3. The lowest BCUT2D eigenvalue weighted by atomic mass is 10.1. The summed E-state index contributed by atoms with van der Waals surface area (Å²) >= 11 is 4.19. The van der Waals surface area contributed by atoms with E-state index < -0.39 is 0 Å². The van der Waals surface area contributed by atoms with Crippen molar-refractivity contribution in [1.29, 1.82) is 0 Å². The Hall–Kier alpha value is -0.220. The van der Waals surface area contributed by atoms with Crippen molar-refractivity contribution in [3.05, 3.63) is 0 Å². The largest absolute Gasteiger partial charge is 0.380 e. The lowest BCUT2D eigenvalue weighted by molar-refractivity contribution is -0.121. The molecule has 13 heavy (non-hydrogen) atoms. The van der Waals surface area contributed by atoms with Crippen LogP contribution in [0.25, 0.3) is 0 Å². The summed E-state index contributed by atoms with van der Waals surface area (Å²) in [7, 11) is 0. The lowest BCUT2D eigenvalue weighted by Gasteiger charge is -2.14. The van der Waals surface area contributed by atoms with Gasteiger partial charge in [-0.1, -0.05) is 13.8 Å². The van der Waals surface area contributed by atoms with Crippen LogP contribution < -0.4 is 5.32 Å². The van der Waals surface area contributed by atoms with Gasteiger partial charge in [0.2, 0.25) is 5.91 Å². The molecule has 0 rings (SSSR count). The smallest absolute Gasteiger partial charge is 0.233 e. The molecule has 0 fully saturated rings. The molecule has 78 valence electrons. The molecule has 0 aliphatic heterocycles. The summed E-state index contributed by atoms with van der Waals surface area (Å²) in [5, 5.41) is 2.54. The van der Waals surface area contributed by atoms with Crippen LogP contribution in [0.5, 0.6) is 0 Å². The quantitative estimate of drug-likeness (QED) is 0.503. The van der Waals surface area contributed by atoms with Gasteiger partial charge in [-0.3, -0.25) is 4.79 Å². The van der Waals surface area contributed by atoms with E-state index in [-0.39, 0.29) is 17.1 Å². The van der Waals surface area contributed by atoms with E-state index in [9.17, 15) is 4.79 Å². The van der Waals surface area contributed by atoms with Crippen LogP contribution in [-0.2, 0) is 9.53 Å². The predicted molar refractivity (Wildman–Crippen MR) is 57.1 cm³/mol. The fourth-order valence-electron chi connectivity index (χ4n) is 0.798. The Morgan fingerprint density at radius 2 is 2.15 bits per heavy atom. The number of thiol groups is 1. The molecule has 0 aliphatic carbocycles. The third kappa shape index (κ3) is 5.93. The zero-order valence-electron chi connectivity index (χ0n) is 8.54. The van der Waals surface area contributed by atoms with E-state index in [0.29, 0.717) is 19.8 Å². The van der Waals surface area contributed by atoms with Crippen LogP contribution in [0.2, 0.25) is 0 Å². The third-order valence-electron chi connectivity index (χ3n) is 1.65. The topological polar surface area (TPSA) is 38.3 Å². The molecule has 4 heteroatoms. The minimum Gasteiger partial charge on any atom is -0.380 e. The number of ether oxygens (including phenoxy) is 1. The second-order valence-electron chi connectivity index (χ2n) is 3.18. The molecular weight excluding hydrogens is 186 g/mol. The molecule has 0 saturated carbocycles. The minimum atomic E-state index is -0.221. The van der Waals surface area contributed by atoms with Crippen molar-refractivity contribution >= 4 is 18.5 Å². The van der Waals surface area contributed by atoms with E-state index >= 15 is 0 Å². The molecule has 1 atom stereocenters. The van der Waals surface area contributed by atoms with Crippen LogP contribution in [0, 0.1) is 5.92 Å². The highest BCUT2D eigenvalue weighted by atomic mass is 32.1. The van der Waals surface area contributed by atoms with Crippen molar-refractivity contribution in [1.82, 2.24) is 5.32 Å². The van der Waals surface area contributed by atoms with E-state index in [0.717, 1.165) is 0 Å². The van der Waals surface area contributed by atoms with E-state index in [2.05, 4.69) is 17.9 Å². The average molecular weight is 205 g/mol. The number of rotatable bonds is 6. The highest BCUT2D eigenvalue weighted by Crippen LogP contribution is 2.07. The molecule has 0 bridgehead atoms. The van der Waals surface area contributed by atoms with Crippen molar-refractivity contribution in [3.63, 3.8) is 0 Å². The van der Waals surface area contributed by atoms with Crippen molar-refractivity contribution in [2.45, 2.75) is 26.0 Å². The molecule has 0 saturated heterocycles. The predicted octanol–water partition coefficient (Wildman–Crippen LogP) is 1.09. The lowest BCUT2D eigenvalue weighted by Crippen LogP contribution is -2.36. The van der Waals surface area contributed by atoms with Crippen LogP contribution in [0.3, 0.4) is 0 Å². The van der Waals surface area contributed by atoms with Crippen LogP contribution >= 0.6 is 12.6 Å². The SMILES string of the molecule is CCOCCNC(=O)C(S)C(C)C. The van der Waals surface area contributed by atoms with E-state index in [4.69, 9.17) is 4.74 Å². The van der Waals surface area contributed by atoms with Gasteiger partial charge in [0.1, 0.15) is 0 Å². The third-order valence-corrected chi connectivity index (χ3v) is 2.48. The molecule has 0 aromatic heterocycles. The van der Waals surface area contributed by atoms with Crippen LogP contribution in [0.1, 0.15) is 20.8 Å². The number of hydrogen-bond acceptors (Lipinski definition) is 3. The zero-order valence-corrected chi connectivity index (χ0v) is 9.43. The summed E-state index contributed by atoms with van der Waals surface area (Å²) in [4.78, 5) is 11.3. The molecule has 0 aromatic carbocycles. The van der Waals surface area contributed by atoms with E-state index in [1.807, 2.05) is 20.8 Å². The van der Waals surface area contributed by atoms with Gasteiger partial charge >= 0.3 is 0 Å². The molecular formula is C9H19NO2S. The average Bonchev–Trinajstić information content (AvgIpc) is 2.10. The number of nitrogens with one attached hydrogen (secondary N) is 1. The van der Waals surface area contributed by atoms with Crippen molar-refractivity contribution < 1.29 is 9.53 Å². The standard InChI is InChI=1S/C9H19NO2S/c1-4-12-6-5-10-9(11)8(13)7(2)3/h7-8,13H,4-6H2,1-3H3,(H,10,11). The first-order valence-electron chi connectivity index (χ1n) is 4.63. The summed E-state index contributed by atoms with van der Waals surface area (Å²) < 4.78 is 5.08. The van der Waals surface area contributed by atoms with Gasteiger partial charge in [-0.15, -0.1) is 0 Å². The maximum absolute atomic E-state index is 11.3. The molecule has 0 aliphatic rings. The Morgan fingerprint density at radius 1 is 1.54 bits per heavy atom. The summed E-state index contributed by atoms with van der Waals surface area (Å²) in [6.45, 7) is 7.69. The molecule has 0 spiro atoms. The minimum absolute atomic E-state index is 0.0157. The van der Waals surface area contributed by atoms with Crippen molar-refractivity contribution in [2.75, 3.05) is 19.8 Å². The monoisotopic (exact) mass is 205 g/mol. The molecule has 3 nitrogen and oxygen atoms in total. The molecule has 1 unspecified atom stereocenters. The molecule has 1 amide bonds. The maximum atomic E-state index is 11.3. The Balaban J connectivity index is 3.50. The first-order chi connectivity index (χ1) is 6.09. The highest BCUT2D eigenvalue weighted by Gasteiger charge is 2.16. The number of amides is 1. The molecule has 0 radical (unpaired) electrons. The second-order valence-corrected chi connectivity index (χ2v) is 3.73. The van der Waals surface area contributed by atoms with Gasteiger partial charge in [0, 0.05) is 13.2 Å². The van der Waals surface area contributed by atoms with Gasteiger partial charge in [0.25, 0.3) is 0 Å². The highest BCUT2D eigenvalue weighted by molar-refractivity contribution is 7.81. The first-order valence-corrected chi connectivity index (χ1v) is 5.14. The van der Waals surface area contributed by atoms with Gasteiger partial charge in [0.05, 0.1) is 11.9 Å². The maximum Gasteiger partial charge on any atom is 0.233 e. The fourth-order valence-corrected chi connectivity index (χ4v) is 0.889. The van der Waals surface area contributed by atoms with Gasteiger partial charge in [-0.2, -0.15) is 12.6 Å². The fraction of sp³-hybridized carbons (Fsp3) is 0.889. The second kappa shape index (κ2) is 7.21. The summed E-state index contributed by atoms with van der Waals surface area (Å²) in [5.74, 6) is 0.244. The normalized spacial score (nSPS) is 13.0. The summed E-state index contributed by atoms with van der Waals surface area (Å²) in [5.41, 5.74) is 0. The molecule has 0 heterocycles. The Bertz CT molecular complexity index is 151. The Labute approximate surface area is 85.6 Å². The molecule has 1 N–H and O–H groups in total. The Kier molecular flexibility index (Phi) is 7.09. The van der Waals surface area contributed by atoms with Crippen molar-refractivity contribution in [3.8, 4) is 0 Å². The molecule has 0 aromatic rings. The van der Waals surface area contributed by atoms with Crippen LogP contribution in [0.15, 0.2) is 0 Å². The van der Waals surface area contributed by atoms with Gasteiger partial charge in [-0.25, -0.2) is 0 Å². The van der Waals surface area contributed by atoms with Crippen LogP contribution in [0.4, 0.5) is 0 Å². The van der Waals surface area contributed by atoms with Gasteiger partial charge in [0.15, 0.2) is 0 Å². The van der Waals surface area contributed by atoms with E-state index in [1.165, 1.54) is 0 Å². The summed E-state index contributed by atoms with van der Waals surface area (Å²) in [6, 6.07) is 0. The van der Waals surface area contributed by atoms with E-state index in [1.54, 1.807) is 0 Å². The van der Waals surface area contributed by atoms with Gasteiger partial charge in [-0.05, 0) is 12.8 Å². The number of hydrogen-bond donors (Lipinski definition) is 2.